The van der Waals surface area contributed by atoms with Gasteiger partial charge in [0.15, 0.2) is 0 Å². The van der Waals surface area contributed by atoms with Crippen molar-refractivity contribution < 1.29 is 9.18 Å². The molecule has 0 unspecified atom stereocenters. The summed E-state index contributed by atoms with van der Waals surface area (Å²) < 4.78 is 13.5. The van der Waals surface area contributed by atoms with Crippen molar-refractivity contribution in [3.8, 4) is 0 Å². The van der Waals surface area contributed by atoms with E-state index in [1.165, 1.54) is 29.0 Å². The summed E-state index contributed by atoms with van der Waals surface area (Å²) in [5, 5.41) is 0. The maximum Gasteiger partial charge on any atom is 0.233 e. The summed E-state index contributed by atoms with van der Waals surface area (Å²) >= 11 is 1.25. The van der Waals surface area contributed by atoms with Crippen LogP contribution < -0.4 is 0 Å². The first kappa shape index (κ1) is 13.2. The van der Waals surface area contributed by atoms with Gasteiger partial charge in [0.2, 0.25) is 5.91 Å². The van der Waals surface area contributed by atoms with Gasteiger partial charge in [0.25, 0.3) is 0 Å². The summed E-state index contributed by atoms with van der Waals surface area (Å²) in [5.41, 5.74) is 2.41. The lowest BCUT2D eigenvalue weighted by atomic mass is 10.1. The predicted molar refractivity (Wildman–Crippen MR) is 77.8 cm³/mol. The second-order valence-corrected chi connectivity index (χ2v) is 5.75. The number of benzene rings is 2. The van der Waals surface area contributed by atoms with Gasteiger partial charge in [-0.05, 0) is 23.3 Å². The molecule has 0 saturated carbocycles. The highest BCUT2D eigenvalue weighted by molar-refractivity contribution is 8.00. The zero-order chi connectivity index (χ0) is 13.9. The van der Waals surface area contributed by atoms with Gasteiger partial charge in [-0.15, -0.1) is 11.8 Å². The van der Waals surface area contributed by atoms with Crippen molar-refractivity contribution in [3.05, 3.63) is 65.5 Å². The van der Waals surface area contributed by atoms with Crippen LogP contribution in [0.4, 0.5) is 4.39 Å². The lowest BCUT2D eigenvalue weighted by Crippen LogP contribution is -2.26. The van der Waals surface area contributed by atoms with Crippen LogP contribution in [-0.4, -0.2) is 16.6 Å². The minimum absolute atomic E-state index is 0.0504. The summed E-state index contributed by atoms with van der Waals surface area (Å²) in [7, 11) is 0. The first-order valence-electron chi connectivity index (χ1n) is 6.46. The Morgan fingerprint density at radius 2 is 1.65 bits per heavy atom. The van der Waals surface area contributed by atoms with Crippen molar-refractivity contribution in [1.82, 2.24) is 4.90 Å². The number of carbonyl (C=O) groups excluding carboxylic acids is 1. The van der Waals surface area contributed by atoms with Gasteiger partial charge in [-0.2, -0.15) is 0 Å². The molecule has 2 nitrogen and oxygen atoms in total. The number of hydrogen-bond acceptors (Lipinski definition) is 2. The SMILES string of the molecule is O=C(CSc1ccccc1F)N1Cc2ccccc2C1. The average Bonchev–Trinajstić information content (AvgIpc) is 2.90. The molecule has 0 radical (unpaired) electrons. The van der Waals surface area contributed by atoms with Crippen molar-refractivity contribution in [3.63, 3.8) is 0 Å². The summed E-state index contributed by atoms with van der Waals surface area (Å²) in [6.45, 7) is 1.32. The number of amides is 1. The lowest BCUT2D eigenvalue weighted by Gasteiger charge is -2.15. The molecular formula is C16H14FNOS. The van der Waals surface area contributed by atoms with Crippen LogP contribution in [0.15, 0.2) is 53.4 Å². The largest absolute Gasteiger partial charge is 0.333 e. The van der Waals surface area contributed by atoms with Crippen LogP contribution >= 0.6 is 11.8 Å². The molecule has 2 aromatic rings. The molecule has 0 spiro atoms. The van der Waals surface area contributed by atoms with E-state index in [-0.39, 0.29) is 17.5 Å². The number of fused-ring (bicyclic) bond motifs is 1. The molecule has 0 saturated heterocycles. The molecule has 2 aromatic carbocycles. The molecule has 0 bridgehead atoms. The van der Waals surface area contributed by atoms with E-state index in [1.54, 1.807) is 18.2 Å². The van der Waals surface area contributed by atoms with E-state index in [0.29, 0.717) is 18.0 Å². The summed E-state index contributed by atoms with van der Waals surface area (Å²) in [6.07, 6.45) is 0. The molecular weight excluding hydrogens is 273 g/mol. The predicted octanol–water partition coefficient (Wildman–Crippen LogP) is 3.46. The maximum absolute atomic E-state index is 13.5. The molecule has 0 aliphatic carbocycles. The third-order valence-corrected chi connectivity index (χ3v) is 4.41. The number of hydrogen-bond donors (Lipinski definition) is 0. The molecule has 3 rings (SSSR count). The first-order valence-corrected chi connectivity index (χ1v) is 7.44. The Labute approximate surface area is 121 Å². The third-order valence-electron chi connectivity index (χ3n) is 3.38. The molecule has 20 heavy (non-hydrogen) atoms. The highest BCUT2D eigenvalue weighted by Crippen LogP contribution is 2.25. The number of carbonyl (C=O) groups is 1. The van der Waals surface area contributed by atoms with Gasteiger partial charge < -0.3 is 4.90 Å². The smallest absolute Gasteiger partial charge is 0.233 e. The van der Waals surface area contributed by atoms with Crippen LogP contribution in [0.1, 0.15) is 11.1 Å². The van der Waals surface area contributed by atoms with Gasteiger partial charge in [-0.3, -0.25) is 4.79 Å². The fourth-order valence-electron chi connectivity index (χ4n) is 2.30. The molecule has 102 valence electrons. The monoisotopic (exact) mass is 287 g/mol. The zero-order valence-electron chi connectivity index (χ0n) is 10.9. The van der Waals surface area contributed by atoms with Crippen molar-refractivity contribution in [2.45, 2.75) is 18.0 Å². The van der Waals surface area contributed by atoms with Gasteiger partial charge in [0, 0.05) is 18.0 Å². The number of halogens is 1. The highest BCUT2D eigenvalue weighted by atomic mass is 32.2. The molecule has 1 aliphatic rings. The van der Waals surface area contributed by atoms with Crippen LogP contribution in [-0.2, 0) is 17.9 Å². The minimum Gasteiger partial charge on any atom is -0.333 e. The highest BCUT2D eigenvalue weighted by Gasteiger charge is 2.22. The van der Waals surface area contributed by atoms with Crippen molar-refractivity contribution in [1.29, 1.82) is 0 Å². The van der Waals surface area contributed by atoms with E-state index in [0.717, 1.165) is 0 Å². The quantitative estimate of drug-likeness (QED) is 0.806. The Kier molecular flexibility index (Phi) is 3.74. The molecule has 0 fully saturated rings. The standard InChI is InChI=1S/C16H14FNOS/c17-14-7-3-4-8-15(14)20-11-16(19)18-9-12-5-1-2-6-13(12)10-18/h1-8H,9-11H2. The number of nitrogens with zero attached hydrogens (tertiary/aromatic N) is 1. The Hall–Kier alpha value is -1.81. The minimum atomic E-state index is -0.269. The Morgan fingerprint density at radius 1 is 1.05 bits per heavy atom. The van der Waals surface area contributed by atoms with Gasteiger partial charge in [0.05, 0.1) is 5.75 Å². The molecule has 4 heteroatoms. The van der Waals surface area contributed by atoms with E-state index in [2.05, 4.69) is 0 Å². The van der Waals surface area contributed by atoms with Crippen LogP contribution in [0.5, 0.6) is 0 Å². The Balaban J connectivity index is 1.61. The summed E-state index contributed by atoms with van der Waals surface area (Å²) in [6, 6.07) is 14.6. The number of rotatable bonds is 3. The van der Waals surface area contributed by atoms with Gasteiger partial charge >= 0.3 is 0 Å². The summed E-state index contributed by atoms with van der Waals surface area (Å²) in [4.78, 5) is 14.5. The second kappa shape index (κ2) is 5.67. The molecule has 1 aliphatic heterocycles. The normalized spacial score (nSPS) is 13.3. The van der Waals surface area contributed by atoms with Crippen molar-refractivity contribution in [2.24, 2.45) is 0 Å². The van der Waals surface area contributed by atoms with E-state index in [9.17, 15) is 9.18 Å². The molecule has 1 amide bonds. The van der Waals surface area contributed by atoms with E-state index >= 15 is 0 Å². The van der Waals surface area contributed by atoms with Gasteiger partial charge in [-0.1, -0.05) is 36.4 Å². The first-order chi connectivity index (χ1) is 9.74. The molecule has 0 atom stereocenters. The fourth-order valence-corrected chi connectivity index (χ4v) is 3.14. The Morgan fingerprint density at radius 3 is 2.30 bits per heavy atom. The zero-order valence-corrected chi connectivity index (χ0v) is 11.7. The van der Waals surface area contributed by atoms with E-state index in [1.807, 2.05) is 29.2 Å². The summed E-state index contributed by atoms with van der Waals surface area (Å²) in [5.74, 6) is 0.0546. The average molecular weight is 287 g/mol. The van der Waals surface area contributed by atoms with Gasteiger partial charge in [0.1, 0.15) is 5.82 Å². The van der Waals surface area contributed by atoms with Crippen molar-refractivity contribution >= 4 is 17.7 Å². The number of thioether (sulfide) groups is 1. The fraction of sp³-hybridized carbons (Fsp3) is 0.188. The molecule has 0 aromatic heterocycles. The topological polar surface area (TPSA) is 20.3 Å². The Bertz CT molecular complexity index is 619. The third kappa shape index (κ3) is 2.70. The second-order valence-electron chi connectivity index (χ2n) is 4.74. The maximum atomic E-state index is 13.5. The molecule has 1 heterocycles. The van der Waals surface area contributed by atoms with Gasteiger partial charge in [-0.25, -0.2) is 4.39 Å². The molecule has 0 N–H and O–H groups in total. The van der Waals surface area contributed by atoms with E-state index < -0.39 is 0 Å². The van der Waals surface area contributed by atoms with Crippen molar-refractivity contribution in [2.75, 3.05) is 5.75 Å². The van der Waals surface area contributed by atoms with Crippen LogP contribution in [0, 0.1) is 5.82 Å². The van der Waals surface area contributed by atoms with Crippen LogP contribution in [0.2, 0.25) is 0 Å². The van der Waals surface area contributed by atoms with Crippen LogP contribution in [0.3, 0.4) is 0 Å². The van der Waals surface area contributed by atoms with E-state index in [4.69, 9.17) is 0 Å². The lowest BCUT2D eigenvalue weighted by molar-refractivity contribution is -0.128. The van der Waals surface area contributed by atoms with Crippen LogP contribution in [0.25, 0.3) is 0 Å².